The predicted molar refractivity (Wildman–Crippen MR) is 73.6 cm³/mol. The molecular formula is C16H23NO. The molecule has 1 unspecified atom stereocenters. The van der Waals surface area contributed by atoms with Gasteiger partial charge in [0.1, 0.15) is 0 Å². The quantitative estimate of drug-likeness (QED) is 0.853. The van der Waals surface area contributed by atoms with Gasteiger partial charge in [0, 0.05) is 6.42 Å². The SMILES string of the molecule is OC1(Cc2ccc(CC3CCCNC3)cc2)CC1. The topological polar surface area (TPSA) is 32.3 Å². The Hall–Kier alpha value is -0.860. The maximum atomic E-state index is 9.90. The summed E-state index contributed by atoms with van der Waals surface area (Å²) in [5.41, 5.74) is 2.35. The minimum Gasteiger partial charge on any atom is -0.390 e. The zero-order chi connectivity index (χ0) is 12.4. The summed E-state index contributed by atoms with van der Waals surface area (Å²) < 4.78 is 0. The molecule has 1 aliphatic heterocycles. The van der Waals surface area contributed by atoms with Crippen LogP contribution in [-0.2, 0) is 12.8 Å². The third-order valence-corrected chi connectivity index (χ3v) is 4.31. The van der Waals surface area contributed by atoms with Crippen LogP contribution in [0.1, 0.15) is 36.8 Å². The summed E-state index contributed by atoms with van der Waals surface area (Å²) in [6, 6.07) is 8.88. The Morgan fingerprint density at radius 3 is 2.50 bits per heavy atom. The van der Waals surface area contributed by atoms with Crippen molar-refractivity contribution in [1.82, 2.24) is 5.32 Å². The van der Waals surface area contributed by atoms with Crippen LogP contribution in [0, 0.1) is 5.92 Å². The van der Waals surface area contributed by atoms with Gasteiger partial charge >= 0.3 is 0 Å². The molecule has 1 saturated carbocycles. The minimum absolute atomic E-state index is 0.366. The van der Waals surface area contributed by atoms with Crippen LogP contribution in [0.25, 0.3) is 0 Å². The van der Waals surface area contributed by atoms with E-state index in [4.69, 9.17) is 0 Å². The summed E-state index contributed by atoms with van der Waals surface area (Å²) in [6.07, 6.45) is 6.64. The lowest BCUT2D eigenvalue weighted by molar-refractivity contribution is 0.151. The van der Waals surface area contributed by atoms with Gasteiger partial charge < -0.3 is 10.4 Å². The van der Waals surface area contributed by atoms with E-state index in [-0.39, 0.29) is 5.60 Å². The summed E-state index contributed by atoms with van der Waals surface area (Å²) in [7, 11) is 0. The van der Waals surface area contributed by atoms with Crippen LogP contribution >= 0.6 is 0 Å². The molecule has 2 nitrogen and oxygen atoms in total. The zero-order valence-corrected chi connectivity index (χ0v) is 11.0. The normalized spacial score (nSPS) is 25.9. The summed E-state index contributed by atoms with van der Waals surface area (Å²) in [5.74, 6) is 0.803. The second kappa shape index (κ2) is 5.02. The van der Waals surface area contributed by atoms with Crippen LogP contribution in [-0.4, -0.2) is 23.8 Å². The van der Waals surface area contributed by atoms with E-state index >= 15 is 0 Å². The van der Waals surface area contributed by atoms with Crippen LogP contribution in [0.3, 0.4) is 0 Å². The highest BCUT2D eigenvalue weighted by molar-refractivity contribution is 5.25. The third-order valence-electron chi connectivity index (χ3n) is 4.31. The zero-order valence-electron chi connectivity index (χ0n) is 11.0. The fourth-order valence-corrected chi connectivity index (χ4v) is 2.93. The summed E-state index contributed by atoms with van der Waals surface area (Å²) in [4.78, 5) is 0. The van der Waals surface area contributed by atoms with Crippen molar-refractivity contribution in [1.29, 1.82) is 0 Å². The predicted octanol–water partition coefficient (Wildman–Crippen LogP) is 2.30. The lowest BCUT2D eigenvalue weighted by Gasteiger charge is -2.22. The standard InChI is InChI=1S/C16H23NO/c18-16(7-8-16)11-14-5-3-13(4-6-14)10-15-2-1-9-17-12-15/h3-6,15,17-18H,1-2,7-12H2. The highest BCUT2D eigenvalue weighted by Crippen LogP contribution is 2.38. The van der Waals surface area contributed by atoms with Gasteiger partial charge in [0.2, 0.25) is 0 Å². The van der Waals surface area contributed by atoms with Crippen molar-refractivity contribution >= 4 is 0 Å². The first kappa shape index (κ1) is 12.2. The van der Waals surface area contributed by atoms with Gasteiger partial charge in [-0.25, -0.2) is 0 Å². The molecule has 2 N–H and O–H groups in total. The van der Waals surface area contributed by atoms with Crippen molar-refractivity contribution in [2.75, 3.05) is 13.1 Å². The molecule has 1 atom stereocenters. The van der Waals surface area contributed by atoms with E-state index < -0.39 is 0 Å². The highest BCUT2D eigenvalue weighted by Gasteiger charge is 2.39. The molecule has 1 aromatic carbocycles. The lowest BCUT2D eigenvalue weighted by atomic mass is 9.91. The van der Waals surface area contributed by atoms with Crippen molar-refractivity contribution in [3.8, 4) is 0 Å². The van der Waals surface area contributed by atoms with Gasteiger partial charge in [0.15, 0.2) is 0 Å². The Bertz CT molecular complexity index is 388. The molecule has 0 amide bonds. The van der Waals surface area contributed by atoms with Crippen LogP contribution in [0.2, 0.25) is 0 Å². The van der Waals surface area contributed by atoms with E-state index in [9.17, 15) is 5.11 Å². The van der Waals surface area contributed by atoms with Gasteiger partial charge in [-0.3, -0.25) is 0 Å². The average Bonchev–Trinajstić information content (AvgIpc) is 3.11. The van der Waals surface area contributed by atoms with E-state index in [0.717, 1.165) is 25.2 Å². The molecule has 98 valence electrons. The summed E-state index contributed by atoms with van der Waals surface area (Å²) >= 11 is 0. The lowest BCUT2D eigenvalue weighted by Crippen LogP contribution is -2.30. The Morgan fingerprint density at radius 2 is 1.89 bits per heavy atom. The smallest absolute Gasteiger partial charge is 0.0690 e. The van der Waals surface area contributed by atoms with Crippen molar-refractivity contribution in [3.63, 3.8) is 0 Å². The fourth-order valence-electron chi connectivity index (χ4n) is 2.93. The Balaban J connectivity index is 1.56. The number of nitrogens with one attached hydrogen (secondary N) is 1. The van der Waals surface area contributed by atoms with Gasteiger partial charge in [-0.2, -0.15) is 0 Å². The van der Waals surface area contributed by atoms with Gasteiger partial charge in [-0.05, 0) is 62.2 Å². The number of hydrogen-bond donors (Lipinski definition) is 2. The van der Waals surface area contributed by atoms with E-state index in [2.05, 4.69) is 29.6 Å². The second-order valence-electron chi connectivity index (χ2n) is 6.13. The van der Waals surface area contributed by atoms with E-state index in [0.29, 0.717) is 0 Å². The monoisotopic (exact) mass is 245 g/mol. The molecule has 1 aliphatic carbocycles. The van der Waals surface area contributed by atoms with E-state index in [1.165, 1.54) is 43.5 Å². The van der Waals surface area contributed by atoms with Crippen LogP contribution in [0.15, 0.2) is 24.3 Å². The first-order valence-electron chi connectivity index (χ1n) is 7.24. The minimum atomic E-state index is -0.366. The van der Waals surface area contributed by atoms with Gasteiger partial charge in [-0.1, -0.05) is 24.3 Å². The molecule has 2 fully saturated rings. The maximum absolute atomic E-state index is 9.90. The molecule has 1 aromatic rings. The first-order valence-corrected chi connectivity index (χ1v) is 7.24. The summed E-state index contributed by atoms with van der Waals surface area (Å²) in [5, 5.41) is 13.4. The molecule has 0 radical (unpaired) electrons. The molecule has 2 aliphatic rings. The molecule has 18 heavy (non-hydrogen) atoms. The number of benzene rings is 1. The molecule has 0 bridgehead atoms. The highest BCUT2D eigenvalue weighted by atomic mass is 16.3. The average molecular weight is 245 g/mol. The van der Waals surface area contributed by atoms with Gasteiger partial charge in [0.25, 0.3) is 0 Å². The summed E-state index contributed by atoms with van der Waals surface area (Å²) in [6.45, 7) is 2.36. The molecule has 0 spiro atoms. The van der Waals surface area contributed by atoms with E-state index in [1.54, 1.807) is 0 Å². The van der Waals surface area contributed by atoms with E-state index in [1.807, 2.05) is 0 Å². The Labute approximate surface area is 109 Å². The Kier molecular flexibility index (Phi) is 3.40. The van der Waals surface area contributed by atoms with Crippen molar-refractivity contribution in [3.05, 3.63) is 35.4 Å². The first-order chi connectivity index (χ1) is 8.73. The van der Waals surface area contributed by atoms with Crippen LogP contribution < -0.4 is 5.32 Å². The molecular weight excluding hydrogens is 222 g/mol. The van der Waals surface area contributed by atoms with Crippen molar-refractivity contribution < 1.29 is 5.11 Å². The van der Waals surface area contributed by atoms with Crippen molar-refractivity contribution in [2.24, 2.45) is 5.92 Å². The third kappa shape index (κ3) is 3.12. The molecule has 1 heterocycles. The molecule has 0 aromatic heterocycles. The van der Waals surface area contributed by atoms with Gasteiger partial charge in [-0.15, -0.1) is 0 Å². The maximum Gasteiger partial charge on any atom is 0.0690 e. The number of hydrogen-bond acceptors (Lipinski definition) is 2. The largest absolute Gasteiger partial charge is 0.390 e. The number of aliphatic hydroxyl groups is 1. The second-order valence-corrected chi connectivity index (χ2v) is 6.13. The molecule has 2 heteroatoms. The number of piperidine rings is 1. The van der Waals surface area contributed by atoms with Crippen LogP contribution in [0.4, 0.5) is 0 Å². The Morgan fingerprint density at radius 1 is 1.17 bits per heavy atom. The molecule has 1 saturated heterocycles. The van der Waals surface area contributed by atoms with Crippen LogP contribution in [0.5, 0.6) is 0 Å². The fraction of sp³-hybridized carbons (Fsp3) is 0.625. The number of rotatable bonds is 4. The van der Waals surface area contributed by atoms with Gasteiger partial charge in [0.05, 0.1) is 5.60 Å². The molecule has 3 rings (SSSR count). The van der Waals surface area contributed by atoms with Crippen molar-refractivity contribution in [2.45, 2.75) is 44.1 Å².